The number of hydrogen-bond donors (Lipinski definition) is 1. The van der Waals surface area contributed by atoms with Crippen LogP contribution in [0, 0.1) is 4.91 Å². The Labute approximate surface area is 199 Å². The maximum atomic E-state index is 12.3. The molecule has 0 saturated carbocycles. The average Bonchev–Trinajstić information content (AvgIpc) is 2.77. The second kappa shape index (κ2) is 10.8. The van der Waals surface area contributed by atoms with E-state index in [-0.39, 0.29) is 4.75 Å². The number of fused-ring (bicyclic) bond motifs is 1. The first kappa shape index (κ1) is 24.7. The number of carboxylic acid groups (broad SMARTS) is 1. The van der Waals surface area contributed by atoms with Crippen molar-refractivity contribution in [1.82, 2.24) is 4.90 Å². The first-order chi connectivity index (χ1) is 15.7. The van der Waals surface area contributed by atoms with Gasteiger partial charge >= 0.3 is 5.97 Å². The molecule has 1 N–H and O–H groups in total. The second-order valence-corrected chi connectivity index (χ2v) is 10.4. The van der Waals surface area contributed by atoms with Crippen molar-refractivity contribution < 1.29 is 14.6 Å². The number of carbonyl (C=O) groups is 1. The Morgan fingerprint density at radius 2 is 1.88 bits per heavy atom. The van der Waals surface area contributed by atoms with E-state index in [4.69, 9.17) is 4.74 Å². The molecule has 0 unspecified atom stereocenters. The predicted molar refractivity (Wildman–Crippen MR) is 135 cm³/mol. The van der Waals surface area contributed by atoms with Gasteiger partial charge in [0.25, 0.3) is 0 Å². The summed E-state index contributed by atoms with van der Waals surface area (Å²) in [5, 5.41) is 12.0. The highest BCUT2D eigenvalue weighted by atomic mass is 32.2. The van der Waals surface area contributed by atoms with Crippen LogP contribution in [0.4, 0.5) is 0 Å². The van der Waals surface area contributed by atoms with Gasteiger partial charge in [0, 0.05) is 34.4 Å². The molecule has 1 atom stereocenters. The lowest BCUT2D eigenvalue weighted by atomic mass is 9.88. The number of rotatable bonds is 11. The summed E-state index contributed by atoms with van der Waals surface area (Å²) in [7, 11) is 3.62. The fourth-order valence-electron chi connectivity index (χ4n) is 4.22. The summed E-state index contributed by atoms with van der Waals surface area (Å²) in [6, 6.07) is 19.5. The Morgan fingerprint density at radius 1 is 1.15 bits per heavy atom. The van der Waals surface area contributed by atoms with Crippen molar-refractivity contribution in [3.05, 3.63) is 82.3 Å². The van der Waals surface area contributed by atoms with Crippen molar-refractivity contribution in [3.8, 4) is 5.75 Å². The first-order valence-electron chi connectivity index (χ1n) is 10.8. The van der Waals surface area contributed by atoms with Gasteiger partial charge in [0.15, 0.2) is 0 Å². The monoisotopic (exact) mass is 466 g/mol. The first-order valence-corrected chi connectivity index (χ1v) is 11.6. The number of benzene rings is 3. The molecule has 7 heteroatoms. The fraction of sp³-hybridized carbons (Fsp3) is 0.346. The van der Waals surface area contributed by atoms with Gasteiger partial charge in [-0.05, 0) is 66.9 Å². The molecule has 3 aromatic rings. The van der Waals surface area contributed by atoms with Crippen molar-refractivity contribution >= 4 is 28.7 Å². The second-order valence-electron chi connectivity index (χ2n) is 8.95. The van der Waals surface area contributed by atoms with Gasteiger partial charge in [-0.3, -0.25) is 4.79 Å². The Bertz CT molecular complexity index is 1120. The minimum atomic E-state index is -0.847. The molecule has 33 heavy (non-hydrogen) atoms. The lowest BCUT2D eigenvalue weighted by Crippen LogP contribution is -2.33. The molecule has 0 aliphatic rings. The number of hydrogen-bond acceptors (Lipinski definition) is 6. The molecule has 0 bridgehead atoms. The maximum absolute atomic E-state index is 12.3. The Hall–Kier alpha value is -2.90. The minimum Gasteiger partial charge on any atom is -0.497 e. The molecule has 6 nitrogen and oxygen atoms in total. The van der Waals surface area contributed by atoms with Crippen LogP contribution in [0.3, 0.4) is 0 Å². The molecule has 0 aromatic heterocycles. The number of methoxy groups -OCH3 is 1. The normalized spacial score (nSPS) is 12.6. The van der Waals surface area contributed by atoms with E-state index >= 15 is 0 Å². The third-order valence-electron chi connectivity index (χ3n) is 5.63. The number of carboxylic acids is 1. The zero-order valence-electron chi connectivity index (χ0n) is 19.4. The van der Waals surface area contributed by atoms with Gasteiger partial charge in [-0.1, -0.05) is 48.5 Å². The van der Waals surface area contributed by atoms with Crippen molar-refractivity contribution in [2.45, 2.75) is 37.5 Å². The van der Waals surface area contributed by atoms with Gasteiger partial charge in [-0.25, -0.2) is 0 Å². The Balaban J connectivity index is 2.02. The van der Waals surface area contributed by atoms with E-state index in [1.807, 2.05) is 81.6 Å². The minimum absolute atomic E-state index is 0.335. The van der Waals surface area contributed by atoms with Crippen LogP contribution in [0.5, 0.6) is 5.75 Å². The van der Waals surface area contributed by atoms with E-state index in [1.165, 1.54) is 0 Å². The summed E-state index contributed by atoms with van der Waals surface area (Å²) < 4.78 is 8.09. The summed E-state index contributed by atoms with van der Waals surface area (Å²) in [5.41, 5.74) is 2.78. The highest BCUT2D eigenvalue weighted by Crippen LogP contribution is 2.32. The standard InChI is InChI=1S/C26H30N2O4S/c1-26(2,33-27-31)17-28(3)16-21-14-20(13-19-10-11-22(32-4)15-23(19)21)24(25(29)30)12-18-8-6-5-7-9-18/h5-11,13-15,24H,12,16-17H2,1-4H3,(H,29,30)/t24-/m0/s1. The molecule has 3 aromatic carbocycles. The van der Waals surface area contributed by atoms with Crippen molar-refractivity contribution in [1.29, 1.82) is 0 Å². The van der Waals surface area contributed by atoms with E-state index in [1.54, 1.807) is 7.11 Å². The lowest BCUT2D eigenvalue weighted by Gasteiger charge is -2.27. The highest BCUT2D eigenvalue weighted by molar-refractivity contribution is 7.99. The molecule has 0 heterocycles. The topological polar surface area (TPSA) is 79.2 Å². The molecular formula is C26H30N2O4S. The molecule has 0 spiro atoms. The van der Waals surface area contributed by atoms with Crippen LogP contribution in [-0.2, 0) is 17.8 Å². The maximum Gasteiger partial charge on any atom is 0.311 e. The molecule has 174 valence electrons. The third-order valence-corrected chi connectivity index (χ3v) is 6.33. The van der Waals surface area contributed by atoms with E-state index in [0.717, 1.165) is 45.2 Å². The average molecular weight is 467 g/mol. The van der Waals surface area contributed by atoms with Crippen LogP contribution in [0.1, 0.15) is 36.5 Å². The number of nitrogens with zero attached hydrogens (tertiary/aromatic N) is 2. The van der Waals surface area contributed by atoms with Crippen molar-refractivity contribution in [2.75, 3.05) is 20.7 Å². The van der Waals surface area contributed by atoms with E-state index in [2.05, 4.69) is 9.48 Å². The smallest absolute Gasteiger partial charge is 0.311 e. The zero-order valence-corrected chi connectivity index (χ0v) is 20.3. The number of aliphatic carboxylic acids is 1. The molecule has 0 fully saturated rings. The molecule has 0 aliphatic carbocycles. The van der Waals surface area contributed by atoms with Gasteiger partial charge in [-0.15, -0.1) is 4.91 Å². The summed E-state index contributed by atoms with van der Waals surface area (Å²) in [6.07, 6.45) is 0.418. The van der Waals surface area contributed by atoms with Gasteiger partial charge in [0.1, 0.15) is 5.75 Å². The molecule has 3 rings (SSSR count). The van der Waals surface area contributed by atoms with Crippen LogP contribution < -0.4 is 4.74 Å². The summed E-state index contributed by atoms with van der Waals surface area (Å²) in [4.78, 5) is 25.2. The van der Waals surface area contributed by atoms with Gasteiger partial charge in [0.2, 0.25) is 0 Å². The van der Waals surface area contributed by atoms with Crippen LogP contribution in [0.2, 0.25) is 0 Å². The number of ether oxygens (including phenoxy) is 1. The van der Waals surface area contributed by atoms with Gasteiger partial charge in [-0.2, -0.15) is 0 Å². The Morgan fingerprint density at radius 3 is 2.52 bits per heavy atom. The highest BCUT2D eigenvalue weighted by Gasteiger charge is 2.24. The van der Waals surface area contributed by atoms with E-state index < -0.39 is 11.9 Å². The quantitative estimate of drug-likeness (QED) is 0.281. The van der Waals surface area contributed by atoms with Gasteiger partial charge in [0.05, 0.1) is 13.0 Å². The lowest BCUT2D eigenvalue weighted by molar-refractivity contribution is -0.138. The Kier molecular flexibility index (Phi) is 8.10. The van der Waals surface area contributed by atoms with Crippen molar-refractivity contribution in [3.63, 3.8) is 0 Å². The molecule has 0 radical (unpaired) electrons. The van der Waals surface area contributed by atoms with Crippen molar-refractivity contribution in [2.24, 2.45) is 4.58 Å². The van der Waals surface area contributed by atoms with Gasteiger partial charge < -0.3 is 14.7 Å². The number of nitroso groups, excluding NO2 is 1. The third kappa shape index (κ3) is 6.55. The summed E-state index contributed by atoms with van der Waals surface area (Å²) in [6.45, 7) is 5.20. The molecule has 0 saturated heterocycles. The summed E-state index contributed by atoms with van der Waals surface area (Å²) in [5.74, 6) is -0.755. The van der Waals surface area contributed by atoms with Crippen LogP contribution >= 0.6 is 11.9 Å². The molecule has 0 amide bonds. The van der Waals surface area contributed by atoms with E-state index in [0.29, 0.717) is 19.5 Å². The van der Waals surface area contributed by atoms with Crippen LogP contribution in [-0.4, -0.2) is 41.4 Å². The predicted octanol–water partition coefficient (Wildman–Crippen LogP) is 5.88. The SMILES string of the molecule is COc1ccc2cc([C@H](Cc3ccccc3)C(=O)O)cc(CN(C)CC(C)(C)SN=O)c2c1. The fourth-order valence-corrected chi connectivity index (χ4v) is 4.70. The largest absolute Gasteiger partial charge is 0.497 e. The summed E-state index contributed by atoms with van der Waals surface area (Å²) >= 11 is 1.03. The van der Waals surface area contributed by atoms with Crippen LogP contribution in [0.25, 0.3) is 10.8 Å². The van der Waals surface area contributed by atoms with Crippen LogP contribution in [0.15, 0.2) is 65.2 Å². The zero-order chi connectivity index (χ0) is 24.0. The van der Waals surface area contributed by atoms with E-state index in [9.17, 15) is 14.8 Å². The molecule has 0 aliphatic heterocycles. The molecular weight excluding hydrogens is 436 g/mol.